The van der Waals surface area contributed by atoms with Crippen molar-refractivity contribution in [3.8, 4) is 11.4 Å². The van der Waals surface area contributed by atoms with Gasteiger partial charge in [-0.1, -0.05) is 27.5 Å². The summed E-state index contributed by atoms with van der Waals surface area (Å²) < 4.78 is 7.89. The molecule has 2 aromatic rings. The molecule has 0 saturated heterocycles. The number of nitrogens with zero attached hydrogens (tertiary/aromatic N) is 3. The van der Waals surface area contributed by atoms with Gasteiger partial charge in [0.05, 0.1) is 6.61 Å². The van der Waals surface area contributed by atoms with Crippen LogP contribution in [0.15, 0.2) is 29.0 Å². The standard InChI is InChI=1S/C11H11BrClN3O/c1-17-3-2-16-7-14-15-11(16)8-4-9(12)6-10(13)5-8/h4-7H,2-3H2,1H3. The molecule has 0 aliphatic heterocycles. The van der Waals surface area contributed by atoms with Gasteiger partial charge >= 0.3 is 0 Å². The third-order valence-corrected chi connectivity index (χ3v) is 2.95. The van der Waals surface area contributed by atoms with E-state index in [9.17, 15) is 0 Å². The van der Waals surface area contributed by atoms with Crippen LogP contribution < -0.4 is 0 Å². The second-order valence-corrected chi connectivity index (χ2v) is 4.85. The normalized spacial score (nSPS) is 10.8. The molecule has 0 aliphatic carbocycles. The number of rotatable bonds is 4. The predicted octanol–water partition coefficient (Wildman–Crippen LogP) is 3.01. The molecule has 0 aliphatic rings. The minimum absolute atomic E-state index is 0.618. The van der Waals surface area contributed by atoms with Crippen molar-refractivity contribution < 1.29 is 4.74 Å². The molecule has 17 heavy (non-hydrogen) atoms. The highest BCUT2D eigenvalue weighted by Crippen LogP contribution is 2.26. The fraction of sp³-hybridized carbons (Fsp3) is 0.273. The first-order valence-corrected chi connectivity index (χ1v) is 6.21. The molecule has 0 spiro atoms. The zero-order valence-corrected chi connectivity index (χ0v) is 11.6. The van der Waals surface area contributed by atoms with Gasteiger partial charge in [-0.25, -0.2) is 0 Å². The maximum atomic E-state index is 6.01. The lowest BCUT2D eigenvalue weighted by Gasteiger charge is -2.06. The van der Waals surface area contributed by atoms with Crippen molar-refractivity contribution in [1.82, 2.24) is 14.8 Å². The maximum absolute atomic E-state index is 6.01. The van der Waals surface area contributed by atoms with E-state index < -0.39 is 0 Å². The molecule has 1 aromatic carbocycles. The average Bonchev–Trinajstić information content (AvgIpc) is 2.73. The Bertz CT molecular complexity index is 495. The lowest BCUT2D eigenvalue weighted by molar-refractivity contribution is 0.187. The fourth-order valence-corrected chi connectivity index (χ4v) is 2.37. The Morgan fingerprint density at radius 1 is 1.41 bits per heavy atom. The quantitative estimate of drug-likeness (QED) is 0.870. The fourth-order valence-electron chi connectivity index (χ4n) is 1.51. The lowest BCUT2D eigenvalue weighted by Crippen LogP contribution is -2.04. The number of halogens is 2. The van der Waals surface area contributed by atoms with E-state index in [0.29, 0.717) is 18.2 Å². The second-order valence-electron chi connectivity index (χ2n) is 3.50. The summed E-state index contributed by atoms with van der Waals surface area (Å²) in [6, 6.07) is 5.65. The Morgan fingerprint density at radius 3 is 2.94 bits per heavy atom. The number of hydrogen-bond acceptors (Lipinski definition) is 3. The summed E-state index contributed by atoms with van der Waals surface area (Å²) in [6.07, 6.45) is 1.68. The molecule has 0 atom stereocenters. The van der Waals surface area contributed by atoms with E-state index >= 15 is 0 Å². The van der Waals surface area contributed by atoms with E-state index in [1.54, 1.807) is 13.4 Å². The zero-order chi connectivity index (χ0) is 12.3. The van der Waals surface area contributed by atoms with Gasteiger partial charge in [-0.15, -0.1) is 10.2 Å². The van der Waals surface area contributed by atoms with Crippen LogP contribution >= 0.6 is 27.5 Å². The largest absolute Gasteiger partial charge is 0.383 e. The Balaban J connectivity index is 2.35. The van der Waals surface area contributed by atoms with Crippen LogP contribution in [-0.2, 0) is 11.3 Å². The van der Waals surface area contributed by atoms with Gasteiger partial charge in [-0.2, -0.15) is 0 Å². The van der Waals surface area contributed by atoms with Crippen molar-refractivity contribution in [1.29, 1.82) is 0 Å². The van der Waals surface area contributed by atoms with Gasteiger partial charge in [0, 0.05) is 28.7 Å². The van der Waals surface area contributed by atoms with Gasteiger partial charge in [0.15, 0.2) is 5.82 Å². The summed E-state index contributed by atoms with van der Waals surface area (Å²) in [6.45, 7) is 1.33. The van der Waals surface area contributed by atoms with Crippen molar-refractivity contribution in [2.24, 2.45) is 0 Å². The Kier molecular flexibility index (Phi) is 4.15. The topological polar surface area (TPSA) is 39.9 Å². The molecule has 4 nitrogen and oxygen atoms in total. The van der Waals surface area contributed by atoms with Crippen LogP contribution in [-0.4, -0.2) is 28.5 Å². The molecular formula is C11H11BrClN3O. The average molecular weight is 317 g/mol. The van der Waals surface area contributed by atoms with E-state index in [4.69, 9.17) is 16.3 Å². The molecule has 0 saturated carbocycles. The number of ether oxygens (including phenoxy) is 1. The van der Waals surface area contributed by atoms with Crippen LogP contribution in [0.4, 0.5) is 0 Å². The van der Waals surface area contributed by atoms with Crippen LogP contribution in [0.3, 0.4) is 0 Å². The SMILES string of the molecule is COCCn1cnnc1-c1cc(Cl)cc(Br)c1. The summed E-state index contributed by atoms with van der Waals surface area (Å²) >= 11 is 9.42. The van der Waals surface area contributed by atoms with E-state index in [1.165, 1.54) is 0 Å². The van der Waals surface area contributed by atoms with Gasteiger partial charge in [0.25, 0.3) is 0 Å². The molecule has 2 rings (SSSR count). The lowest BCUT2D eigenvalue weighted by atomic mass is 10.2. The predicted molar refractivity (Wildman–Crippen MR) is 70.0 cm³/mol. The van der Waals surface area contributed by atoms with Crippen molar-refractivity contribution in [3.05, 3.63) is 34.0 Å². The van der Waals surface area contributed by atoms with Crippen molar-refractivity contribution in [2.75, 3.05) is 13.7 Å². The molecule has 0 amide bonds. The summed E-state index contributed by atoms with van der Waals surface area (Å²) in [7, 11) is 1.67. The molecule has 6 heteroatoms. The molecule has 0 N–H and O–H groups in total. The van der Waals surface area contributed by atoms with Gasteiger partial charge in [-0.3, -0.25) is 0 Å². The van der Waals surface area contributed by atoms with Crippen LogP contribution in [0.1, 0.15) is 0 Å². The highest BCUT2D eigenvalue weighted by atomic mass is 79.9. The van der Waals surface area contributed by atoms with Crippen molar-refractivity contribution >= 4 is 27.5 Å². The molecule has 1 heterocycles. The van der Waals surface area contributed by atoms with Crippen molar-refractivity contribution in [3.63, 3.8) is 0 Å². The zero-order valence-electron chi connectivity index (χ0n) is 9.23. The van der Waals surface area contributed by atoms with E-state index in [2.05, 4.69) is 26.1 Å². The van der Waals surface area contributed by atoms with Gasteiger partial charge in [0.2, 0.25) is 0 Å². The number of aromatic nitrogens is 3. The van der Waals surface area contributed by atoms with Gasteiger partial charge in [0.1, 0.15) is 6.33 Å². The van der Waals surface area contributed by atoms with Crippen LogP contribution in [0.25, 0.3) is 11.4 Å². The monoisotopic (exact) mass is 315 g/mol. The third kappa shape index (κ3) is 3.06. The van der Waals surface area contributed by atoms with Crippen LogP contribution in [0.2, 0.25) is 5.02 Å². The van der Waals surface area contributed by atoms with E-state index in [1.807, 2.05) is 22.8 Å². The highest BCUT2D eigenvalue weighted by Gasteiger charge is 2.08. The molecule has 0 radical (unpaired) electrons. The smallest absolute Gasteiger partial charge is 0.163 e. The first kappa shape index (κ1) is 12.5. The molecule has 0 fully saturated rings. The second kappa shape index (κ2) is 5.62. The summed E-state index contributed by atoms with van der Waals surface area (Å²) in [5.41, 5.74) is 0.929. The Labute approximate surface area is 113 Å². The Hall–Kier alpha value is -0.910. The number of benzene rings is 1. The van der Waals surface area contributed by atoms with Gasteiger partial charge in [-0.05, 0) is 18.2 Å². The van der Waals surface area contributed by atoms with Crippen LogP contribution in [0.5, 0.6) is 0 Å². The molecule has 1 aromatic heterocycles. The third-order valence-electron chi connectivity index (χ3n) is 2.27. The molecular weight excluding hydrogens is 305 g/mol. The molecule has 0 unspecified atom stereocenters. The molecule has 90 valence electrons. The molecule has 0 bridgehead atoms. The van der Waals surface area contributed by atoms with Crippen molar-refractivity contribution in [2.45, 2.75) is 6.54 Å². The first-order chi connectivity index (χ1) is 8.20. The maximum Gasteiger partial charge on any atom is 0.163 e. The summed E-state index contributed by atoms with van der Waals surface area (Å²) in [5, 5.41) is 8.67. The minimum atomic E-state index is 0.618. The minimum Gasteiger partial charge on any atom is -0.383 e. The van der Waals surface area contributed by atoms with Gasteiger partial charge < -0.3 is 9.30 Å². The Morgan fingerprint density at radius 2 is 2.24 bits per heavy atom. The highest BCUT2D eigenvalue weighted by molar-refractivity contribution is 9.10. The van der Waals surface area contributed by atoms with E-state index in [0.717, 1.165) is 15.9 Å². The number of hydrogen-bond donors (Lipinski definition) is 0. The first-order valence-electron chi connectivity index (χ1n) is 5.04. The summed E-state index contributed by atoms with van der Waals surface area (Å²) in [5.74, 6) is 0.783. The number of methoxy groups -OCH3 is 1. The van der Waals surface area contributed by atoms with E-state index in [-0.39, 0.29) is 0 Å². The summed E-state index contributed by atoms with van der Waals surface area (Å²) in [4.78, 5) is 0. The van der Waals surface area contributed by atoms with Crippen LogP contribution in [0, 0.1) is 0 Å².